The van der Waals surface area contributed by atoms with E-state index in [1.165, 1.54) is 0 Å². The first-order valence-electron chi connectivity index (χ1n) is 10.7. The van der Waals surface area contributed by atoms with Crippen molar-refractivity contribution in [3.63, 3.8) is 0 Å². The summed E-state index contributed by atoms with van der Waals surface area (Å²) in [5, 5.41) is 26.8. The van der Waals surface area contributed by atoms with Gasteiger partial charge in [-0.15, -0.1) is 0 Å². The van der Waals surface area contributed by atoms with E-state index in [0.29, 0.717) is 0 Å². The number of thiol groups is 1. The Morgan fingerprint density at radius 1 is 1.03 bits per heavy atom. The van der Waals surface area contributed by atoms with Gasteiger partial charge in [-0.3, -0.25) is 14.4 Å². The van der Waals surface area contributed by atoms with E-state index >= 15 is 0 Å². The van der Waals surface area contributed by atoms with E-state index in [0.717, 1.165) is 16.5 Å². The molecule has 0 aliphatic carbocycles. The second kappa shape index (κ2) is 12.4. The van der Waals surface area contributed by atoms with Gasteiger partial charge in [-0.25, -0.2) is 4.79 Å². The summed E-state index contributed by atoms with van der Waals surface area (Å²) in [5.74, 6) is -3.82. The molecule has 0 fully saturated rings. The predicted octanol–water partition coefficient (Wildman–Crippen LogP) is -0.845. The molecule has 1 heterocycles. The summed E-state index contributed by atoms with van der Waals surface area (Å²) >= 11 is 4.09. The monoisotopic (exact) mass is 493 g/mol. The zero-order valence-corrected chi connectivity index (χ0v) is 19.8. The molecule has 34 heavy (non-hydrogen) atoms. The fourth-order valence-corrected chi connectivity index (χ4v) is 3.58. The van der Waals surface area contributed by atoms with E-state index < -0.39 is 60.4 Å². The first kappa shape index (κ1) is 27.2. The van der Waals surface area contributed by atoms with Gasteiger partial charge < -0.3 is 36.9 Å². The van der Waals surface area contributed by atoms with Crippen LogP contribution in [0.2, 0.25) is 0 Å². The van der Waals surface area contributed by atoms with Crippen LogP contribution < -0.4 is 21.7 Å². The Kier molecular flexibility index (Phi) is 9.90. The molecule has 2 rings (SSSR count). The van der Waals surface area contributed by atoms with Gasteiger partial charge in [0.05, 0.1) is 6.61 Å². The number of H-pyrrole nitrogens is 1. The second-order valence-corrected chi connectivity index (χ2v) is 8.59. The van der Waals surface area contributed by atoms with E-state index in [-0.39, 0.29) is 12.2 Å². The van der Waals surface area contributed by atoms with Crippen molar-refractivity contribution in [2.24, 2.45) is 11.7 Å². The molecule has 186 valence electrons. The van der Waals surface area contributed by atoms with Crippen LogP contribution in [0.4, 0.5) is 0 Å². The number of aromatic nitrogens is 1. The number of rotatable bonds is 12. The van der Waals surface area contributed by atoms with Crippen LogP contribution in [0.1, 0.15) is 19.4 Å². The molecule has 3 amide bonds. The number of hydrogen-bond acceptors (Lipinski definition) is 7. The Morgan fingerprint density at radius 3 is 2.24 bits per heavy atom. The number of nitrogens with one attached hydrogen (secondary N) is 4. The average Bonchev–Trinajstić information content (AvgIpc) is 3.21. The molecule has 0 saturated heterocycles. The molecule has 0 aliphatic rings. The number of benzene rings is 1. The Hall–Kier alpha value is -3.09. The summed E-state index contributed by atoms with van der Waals surface area (Å²) in [6.07, 6.45) is 1.78. The van der Waals surface area contributed by atoms with Crippen molar-refractivity contribution < 1.29 is 29.4 Å². The van der Waals surface area contributed by atoms with Crippen LogP contribution in [0.25, 0.3) is 10.9 Å². The summed E-state index contributed by atoms with van der Waals surface area (Å²) in [6.45, 7) is 2.70. The predicted molar refractivity (Wildman–Crippen MR) is 129 cm³/mol. The van der Waals surface area contributed by atoms with Crippen LogP contribution >= 0.6 is 12.6 Å². The van der Waals surface area contributed by atoms with Gasteiger partial charge in [0, 0.05) is 29.3 Å². The molecule has 4 unspecified atom stereocenters. The third-order valence-corrected chi connectivity index (χ3v) is 5.68. The number of aromatic amines is 1. The highest BCUT2D eigenvalue weighted by Gasteiger charge is 2.31. The van der Waals surface area contributed by atoms with Gasteiger partial charge in [-0.1, -0.05) is 32.0 Å². The van der Waals surface area contributed by atoms with E-state index in [2.05, 4.69) is 33.6 Å². The molecular weight excluding hydrogens is 462 g/mol. The number of carbonyl (C=O) groups excluding carboxylic acids is 3. The highest BCUT2D eigenvalue weighted by molar-refractivity contribution is 7.80. The highest BCUT2D eigenvalue weighted by Crippen LogP contribution is 2.19. The lowest BCUT2D eigenvalue weighted by Crippen LogP contribution is -2.58. The van der Waals surface area contributed by atoms with Gasteiger partial charge in [-0.05, 0) is 17.5 Å². The molecule has 0 saturated carbocycles. The number of aliphatic carboxylic acids is 1. The summed E-state index contributed by atoms with van der Waals surface area (Å²) in [6, 6.07) is 2.77. The summed E-state index contributed by atoms with van der Waals surface area (Å²) < 4.78 is 0. The summed E-state index contributed by atoms with van der Waals surface area (Å²) in [4.78, 5) is 52.7. The van der Waals surface area contributed by atoms with E-state index in [1.807, 2.05) is 24.3 Å². The quantitative estimate of drug-likeness (QED) is 0.177. The smallest absolute Gasteiger partial charge is 0.326 e. The van der Waals surface area contributed by atoms with Gasteiger partial charge in [-0.2, -0.15) is 12.6 Å². The van der Waals surface area contributed by atoms with Crippen molar-refractivity contribution in [1.29, 1.82) is 0 Å². The van der Waals surface area contributed by atoms with E-state index in [1.54, 1.807) is 20.0 Å². The molecule has 0 spiro atoms. The largest absolute Gasteiger partial charge is 0.480 e. The lowest BCUT2D eigenvalue weighted by Gasteiger charge is -2.25. The Morgan fingerprint density at radius 2 is 1.65 bits per heavy atom. The fourth-order valence-electron chi connectivity index (χ4n) is 3.33. The van der Waals surface area contributed by atoms with E-state index in [4.69, 9.17) is 10.8 Å². The van der Waals surface area contributed by atoms with Crippen molar-refractivity contribution in [2.75, 3.05) is 12.4 Å². The molecule has 0 aliphatic heterocycles. The van der Waals surface area contributed by atoms with Gasteiger partial charge >= 0.3 is 5.97 Å². The number of aliphatic hydroxyl groups is 1. The van der Waals surface area contributed by atoms with Gasteiger partial charge in [0.2, 0.25) is 17.7 Å². The van der Waals surface area contributed by atoms with Crippen LogP contribution in [-0.4, -0.2) is 75.4 Å². The van der Waals surface area contributed by atoms with Gasteiger partial charge in [0.15, 0.2) is 0 Å². The maximum absolute atomic E-state index is 13.1. The molecule has 4 atom stereocenters. The van der Waals surface area contributed by atoms with Crippen molar-refractivity contribution in [3.8, 4) is 0 Å². The number of amides is 3. The minimum absolute atomic E-state index is 0.0649. The molecule has 1 aromatic heterocycles. The summed E-state index contributed by atoms with van der Waals surface area (Å²) in [5.41, 5.74) is 7.06. The van der Waals surface area contributed by atoms with Crippen LogP contribution in [0, 0.1) is 5.92 Å². The van der Waals surface area contributed by atoms with Crippen molar-refractivity contribution in [2.45, 2.75) is 44.4 Å². The number of carboxylic acids is 1. The number of nitrogens with two attached hydrogens (primary N) is 1. The molecule has 0 bridgehead atoms. The fraction of sp³-hybridized carbons (Fsp3) is 0.455. The number of hydrogen-bond donors (Lipinski definition) is 8. The standard InChI is InChI=1S/C22H31N5O6S/c1-11(2)18(22(32)33)27-20(30)16(7-12-8-24-15-6-4-3-5-13(12)15)25-21(31)17(10-34)26-19(29)14(23)9-28/h3-6,8,11,14,16-18,24,28,34H,7,9-10,23H2,1-2H3,(H,25,31)(H,26,29)(H,27,30)(H,32,33). The zero-order chi connectivity index (χ0) is 25.4. The topological polar surface area (TPSA) is 187 Å². The minimum atomic E-state index is -1.22. The molecular formula is C22H31N5O6S. The van der Waals surface area contributed by atoms with Crippen LogP contribution in [-0.2, 0) is 25.6 Å². The molecule has 11 nitrogen and oxygen atoms in total. The average molecular weight is 494 g/mol. The van der Waals surface area contributed by atoms with Gasteiger partial charge in [0.25, 0.3) is 0 Å². The minimum Gasteiger partial charge on any atom is -0.480 e. The number of fused-ring (bicyclic) bond motifs is 1. The number of carbonyl (C=O) groups is 4. The molecule has 2 aromatic rings. The summed E-state index contributed by atoms with van der Waals surface area (Å²) in [7, 11) is 0. The first-order valence-corrected chi connectivity index (χ1v) is 11.4. The third kappa shape index (κ3) is 6.95. The molecule has 1 aromatic carbocycles. The number of aliphatic hydroxyl groups excluding tert-OH is 1. The van der Waals surface area contributed by atoms with Crippen LogP contribution in [0.3, 0.4) is 0 Å². The molecule has 8 N–H and O–H groups in total. The number of para-hydroxylation sites is 1. The van der Waals surface area contributed by atoms with Crippen LogP contribution in [0.15, 0.2) is 30.5 Å². The van der Waals surface area contributed by atoms with Gasteiger partial charge in [0.1, 0.15) is 24.2 Å². The molecule has 12 heteroatoms. The van der Waals surface area contributed by atoms with Crippen molar-refractivity contribution in [1.82, 2.24) is 20.9 Å². The lowest BCUT2D eigenvalue weighted by atomic mass is 10.0. The van der Waals surface area contributed by atoms with Crippen LogP contribution in [0.5, 0.6) is 0 Å². The second-order valence-electron chi connectivity index (χ2n) is 8.23. The number of carboxylic acid groups (broad SMARTS) is 1. The maximum Gasteiger partial charge on any atom is 0.326 e. The Labute approximate surface area is 202 Å². The SMILES string of the molecule is CC(C)C(NC(=O)C(Cc1c[nH]c2ccccc12)NC(=O)C(CS)NC(=O)C(N)CO)C(=O)O. The normalized spacial score (nSPS) is 14.8. The van der Waals surface area contributed by atoms with Crippen molar-refractivity contribution >= 4 is 47.2 Å². The zero-order valence-electron chi connectivity index (χ0n) is 18.9. The first-order chi connectivity index (χ1) is 16.1. The maximum atomic E-state index is 13.1. The van der Waals surface area contributed by atoms with Crippen molar-refractivity contribution in [3.05, 3.63) is 36.0 Å². The molecule has 0 radical (unpaired) electrons. The lowest BCUT2D eigenvalue weighted by molar-refractivity contribution is -0.143. The Balaban J connectivity index is 2.28. The Bertz CT molecular complexity index is 1030. The highest BCUT2D eigenvalue weighted by atomic mass is 32.1. The third-order valence-electron chi connectivity index (χ3n) is 5.31. The van der Waals surface area contributed by atoms with E-state index in [9.17, 15) is 24.3 Å².